The molecular weight excluding hydrogens is 340 g/mol. The van der Waals surface area contributed by atoms with Gasteiger partial charge in [-0.15, -0.1) is 0 Å². The number of hydrogen-bond acceptors (Lipinski definition) is 3. The van der Waals surface area contributed by atoms with E-state index in [0.717, 1.165) is 18.4 Å². The smallest absolute Gasteiger partial charge is 0.233 e. The van der Waals surface area contributed by atoms with E-state index in [4.69, 9.17) is 0 Å². The van der Waals surface area contributed by atoms with Crippen LogP contribution in [0.2, 0.25) is 0 Å². The summed E-state index contributed by atoms with van der Waals surface area (Å²) in [5.41, 5.74) is 3.91. The third-order valence-electron chi connectivity index (χ3n) is 6.16. The molecule has 0 aromatic heterocycles. The Bertz CT molecular complexity index is 788. The molecule has 3 aliphatic rings. The summed E-state index contributed by atoms with van der Waals surface area (Å²) < 4.78 is 0. The predicted molar refractivity (Wildman–Crippen MR) is 102 cm³/mol. The summed E-state index contributed by atoms with van der Waals surface area (Å²) >= 11 is 0. The second-order valence-electron chi connectivity index (χ2n) is 7.90. The summed E-state index contributed by atoms with van der Waals surface area (Å²) in [4.78, 5) is 38.6. The number of amides is 3. The number of nitrogens with one attached hydrogen (secondary N) is 1. The summed E-state index contributed by atoms with van der Waals surface area (Å²) in [6.07, 6.45) is 8.82. The summed E-state index contributed by atoms with van der Waals surface area (Å²) in [6, 6.07) is 6.36. The first kappa shape index (κ1) is 18.0. The molecule has 1 saturated heterocycles. The Hall–Kier alpha value is -2.43. The van der Waals surface area contributed by atoms with Crippen LogP contribution in [0, 0.1) is 11.8 Å². The number of allylic oxidation sites excluding steroid dienone is 2. The zero-order chi connectivity index (χ0) is 19.0. The quantitative estimate of drug-likeness (QED) is 0.644. The van der Waals surface area contributed by atoms with Crippen molar-refractivity contribution in [3.05, 3.63) is 47.0 Å². The van der Waals surface area contributed by atoms with E-state index < -0.39 is 0 Å². The molecule has 4 rings (SSSR count). The minimum absolute atomic E-state index is 0.0832. The molecule has 0 saturated carbocycles. The van der Waals surface area contributed by atoms with E-state index >= 15 is 0 Å². The largest absolute Gasteiger partial charge is 0.350 e. The molecule has 1 unspecified atom stereocenters. The van der Waals surface area contributed by atoms with Gasteiger partial charge in [0.2, 0.25) is 17.7 Å². The molecule has 2 aliphatic carbocycles. The average molecular weight is 366 g/mol. The van der Waals surface area contributed by atoms with Crippen LogP contribution < -0.4 is 5.32 Å². The fourth-order valence-electron chi connectivity index (χ4n) is 4.56. The molecule has 5 nitrogen and oxygen atoms in total. The standard InChI is InChI=1S/C22H26N2O3/c1-14(16-10-9-15-5-4-6-17(15)13-16)23-20(25)11-12-24-21(26)18-7-2-3-8-19(18)22(24)27/h2-3,9-10,13-14,18-19H,4-8,11-12H2,1H3,(H,23,25)/t14?,18-,19+. The number of fused-ring (bicyclic) bond motifs is 2. The number of carbonyl (C=O) groups excluding carboxylic acids is 3. The lowest BCUT2D eigenvalue weighted by atomic mass is 9.85. The minimum Gasteiger partial charge on any atom is -0.350 e. The first-order chi connectivity index (χ1) is 13.0. The van der Waals surface area contributed by atoms with Crippen LogP contribution in [0.3, 0.4) is 0 Å². The summed E-state index contributed by atoms with van der Waals surface area (Å²) in [5, 5.41) is 3.00. The highest BCUT2D eigenvalue weighted by Crippen LogP contribution is 2.35. The van der Waals surface area contributed by atoms with Crippen molar-refractivity contribution in [1.29, 1.82) is 0 Å². The molecule has 3 atom stereocenters. The van der Waals surface area contributed by atoms with E-state index in [0.29, 0.717) is 12.8 Å². The minimum atomic E-state index is -0.226. The lowest BCUT2D eigenvalue weighted by molar-refractivity contribution is -0.140. The molecule has 27 heavy (non-hydrogen) atoms. The van der Waals surface area contributed by atoms with Crippen molar-refractivity contribution in [3.63, 3.8) is 0 Å². The van der Waals surface area contributed by atoms with E-state index in [2.05, 4.69) is 23.5 Å². The monoisotopic (exact) mass is 366 g/mol. The van der Waals surface area contributed by atoms with Crippen molar-refractivity contribution in [1.82, 2.24) is 10.2 Å². The number of rotatable bonds is 5. The maximum atomic E-state index is 12.5. The third kappa shape index (κ3) is 3.43. The van der Waals surface area contributed by atoms with Crippen molar-refractivity contribution in [3.8, 4) is 0 Å². The second kappa shape index (κ2) is 7.29. The fourth-order valence-corrected chi connectivity index (χ4v) is 4.56. The van der Waals surface area contributed by atoms with Gasteiger partial charge in [0.15, 0.2) is 0 Å². The maximum absolute atomic E-state index is 12.5. The van der Waals surface area contributed by atoms with Crippen LogP contribution in [-0.4, -0.2) is 29.2 Å². The zero-order valence-corrected chi connectivity index (χ0v) is 15.7. The number of likely N-dealkylation sites (tertiary alicyclic amines) is 1. The van der Waals surface area contributed by atoms with Gasteiger partial charge in [0.1, 0.15) is 0 Å². The summed E-state index contributed by atoms with van der Waals surface area (Å²) in [6.45, 7) is 2.15. The highest BCUT2D eigenvalue weighted by molar-refractivity contribution is 6.05. The molecule has 1 N–H and O–H groups in total. The Kier molecular flexibility index (Phi) is 4.85. The van der Waals surface area contributed by atoms with Crippen molar-refractivity contribution >= 4 is 17.7 Å². The van der Waals surface area contributed by atoms with E-state index in [9.17, 15) is 14.4 Å². The lowest BCUT2D eigenvalue weighted by Crippen LogP contribution is -2.36. The van der Waals surface area contributed by atoms with Crippen molar-refractivity contribution in [2.45, 2.75) is 51.5 Å². The zero-order valence-electron chi connectivity index (χ0n) is 15.7. The molecule has 3 amide bonds. The summed E-state index contributed by atoms with van der Waals surface area (Å²) in [5.74, 6) is -0.814. The maximum Gasteiger partial charge on any atom is 0.233 e. The highest BCUT2D eigenvalue weighted by atomic mass is 16.2. The van der Waals surface area contributed by atoms with Crippen molar-refractivity contribution < 1.29 is 14.4 Å². The van der Waals surface area contributed by atoms with Crippen LogP contribution in [-0.2, 0) is 27.2 Å². The van der Waals surface area contributed by atoms with E-state index in [1.54, 1.807) is 0 Å². The fraction of sp³-hybridized carbons (Fsp3) is 0.500. The van der Waals surface area contributed by atoms with Gasteiger partial charge in [-0.1, -0.05) is 30.4 Å². The van der Waals surface area contributed by atoms with Crippen LogP contribution in [0.1, 0.15) is 55.3 Å². The molecule has 1 aromatic carbocycles. The highest BCUT2D eigenvalue weighted by Gasteiger charge is 2.46. The number of imide groups is 1. The molecule has 5 heteroatoms. The van der Waals surface area contributed by atoms with Gasteiger partial charge in [-0.05, 0) is 55.7 Å². The van der Waals surface area contributed by atoms with Gasteiger partial charge in [-0.3, -0.25) is 19.3 Å². The molecule has 1 aromatic rings. The Morgan fingerprint density at radius 2 is 1.78 bits per heavy atom. The van der Waals surface area contributed by atoms with Gasteiger partial charge in [-0.2, -0.15) is 0 Å². The van der Waals surface area contributed by atoms with Crippen molar-refractivity contribution in [2.24, 2.45) is 11.8 Å². The predicted octanol–water partition coefficient (Wildman–Crippen LogP) is 2.69. The van der Waals surface area contributed by atoms with E-state index in [-0.39, 0.29) is 48.6 Å². The van der Waals surface area contributed by atoms with E-state index in [1.807, 2.05) is 19.1 Å². The Morgan fingerprint density at radius 1 is 1.11 bits per heavy atom. The first-order valence-electron chi connectivity index (χ1n) is 9.96. The lowest BCUT2D eigenvalue weighted by Gasteiger charge is -2.18. The van der Waals surface area contributed by atoms with Crippen LogP contribution >= 0.6 is 0 Å². The number of hydrogen-bond donors (Lipinski definition) is 1. The van der Waals surface area contributed by atoms with Crippen LogP contribution in [0.4, 0.5) is 0 Å². The Morgan fingerprint density at radius 3 is 2.48 bits per heavy atom. The SMILES string of the molecule is CC(NC(=O)CCN1C(=O)[C@H]2CC=CC[C@H]2C1=O)c1ccc2c(c1)CCC2. The van der Waals surface area contributed by atoms with Gasteiger partial charge in [0.25, 0.3) is 0 Å². The van der Waals surface area contributed by atoms with Crippen LogP contribution in [0.5, 0.6) is 0 Å². The molecular formula is C22H26N2O3. The van der Waals surface area contributed by atoms with Gasteiger partial charge < -0.3 is 5.32 Å². The first-order valence-corrected chi connectivity index (χ1v) is 9.96. The molecule has 1 aliphatic heterocycles. The number of benzene rings is 1. The molecule has 0 radical (unpaired) electrons. The number of aryl methyl sites for hydroxylation is 2. The van der Waals surface area contributed by atoms with Gasteiger partial charge in [0.05, 0.1) is 17.9 Å². The van der Waals surface area contributed by atoms with Gasteiger partial charge >= 0.3 is 0 Å². The van der Waals surface area contributed by atoms with Gasteiger partial charge in [-0.25, -0.2) is 0 Å². The van der Waals surface area contributed by atoms with E-state index in [1.165, 1.54) is 22.4 Å². The van der Waals surface area contributed by atoms with Crippen molar-refractivity contribution in [2.75, 3.05) is 6.54 Å². The van der Waals surface area contributed by atoms with Crippen LogP contribution in [0.25, 0.3) is 0 Å². The Labute approximate surface area is 159 Å². The second-order valence-corrected chi connectivity index (χ2v) is 7.90. The number of nitrogens with zero attached hydrogens (tertiary/aromatic N) is 1. The van der Waals surface area contributed by atoms with Crippen LogP contribution in [0.15, 0.2) is 30.4 Å². The molecule has 1 heterocycles. The Balaban J connectivity index is 1.32. The molecule has 0 bridgehead atoms. The van der Waals surface area contributed by atoms with Gasteiger partial charge in [0, 0.05) is 13.0 Å². The average Bonchev–Trinajstić information content (AvgIpc) is 3.23. The molecule has 0 spiro atoms. The third-order valence-corrected chi connectivity index (χ3v) is 6.16. The number of carbonyl (C=O) groups is 3. The summed E-state index contributed by atoms with van der Waals surface area (Å²) in [7, 11) is 0. The normalized spacial score (nSPS) is 24.7. The molecule has 1 fully saturated rings. The topological polar surface area (TPSA) is 66.5 Å². The molecule has 142 valence electrons.